The van der Waals surface area contributed by atoms with Crippen molar-refractivity contribution in [2.45, 2.75) is 6.10 Å². The summed E-state index contributed by atoms with van der Waals surface area (Å²) in [6.45, 7) is -0.354. The predicted molar refractivity (Wildman–Crippen MR) is 47.3 cm³/mol. The number of anilines is 2. The van der Waals surface area contributed by atoms with Crippen LogP contribution in [0.1, 0.15) is 11.7 Å². The lowest BCUT2D eigenvalue weighted by atomic mass is 10.1. The van der Waals surface area contributed by atoms with Gasteiger partial charge >= 0.3 is 0 Å². The van der Waals surface area contributed by atoms with Gasteiger partial charge in [-0.15, -0.1) is 0 Å². The first kappa shape index (κ1) is 8.83. The molecule has 0 aliphatic heterocycles. The van der Waals surface area contributed by atoms with Gasteiger partial charge in [0.15, 0.2) is 0 Å². The van der Waals surface area contributed by atoms with Gasteiger partial charge in [0.1, 0.15) is 6.10 Å². The molecule has 12 heavy (non-hydrogen) atoms. The van der Waals surface area contributed by atoms with E-state index in [1.54, 1.807) is 18.2 Å². The average Bonchev–Trinajstić information content (AvgIpc) is 2.08. The van der Waals surface area contributed by atoms with Crippen LogP contribution in [0.25, 0.3) is 0 Å². The summed E-state index contributed by atoms with van der Waals surface area (Å²) in [5.74, 6) is 0. The van der Waals surface area contributed by atoms with Crippen molar-refractivity contribution in [2.75, 3.05) is 18.1 Å². The fourth-order valence-corrected chi connectivity index (χ4v) is 0.980. The molecule has 1 aromatic rings. The highest BCUT2D eigenvalue weighted by Gasteiger charge is 2.09. The Morgan fingerprint density at radius 3 is 2.58 bits per heavy atom. The molecule has 0 amide bonds. The molecule has 1 atom stereocenters. The van der Waals surface area contributed by atoms with Crippen LogP contribution in [0.2, 0.25) is 0 Å². The van der Waals surface area contributed by atoms with Gasteiger partial charge in [0, 0.05) is 16.9 Å². The zero-order valence-corrected chi connectivity index (χ0v) is 6.57. The summed E-state index contributed by atoms with van der Waals surface area (Å²) < 4.78 is 0. The quantitative estimate of drug-likeness (QED) is 0.463. The molecule has 0 radical (unpaired) electrons. The van der Waals surface area contributed by atoms with Crippen LogP contribution in [-0.2, 0) is 0 Å². The van der Waals surface area contributed by atoms with E-state index in [2.05, 4.69) is 0 Å². The molecule has 0 heterocycles. The Labute approximate surface area is 70.4 Å². The third kappa shape index (κ3) is 1.66. The van der Waals surface area contributed by atoms with Gasteiger partial charge in [-0.25, -0.2) is 0 Å². The number of nitrogen functional groups attached to an aromatic ring is 2. The molecule has 1 unspecified atom stereocenters. The molecule has 66 valence electrons. The molecule has 1 rings (SSSR count). The normalized spacial score (nSPS) is 12.8. The molecule has 4 nitrogen and oxygen atoms in total. The third-order valence-corrected chi connectivity index (χ3v) is 1.64. The molecular weight excluding hydrogens is 156 g/mol. The lowest BCUT2D eigenvalue weighted by Crippen LogP contribution is -2.06. The first-order chi connectivity index (χ1) is 5.65. The van der Waals surface area contributed by atoms with Crippen molar-refractivity contribution >= 4 is 11.4 Å². The van der Waals surface area contributed by atoms with Crippen LogP contribution in [0, 0.1) is 0 Å². The maximum atomic E-state index is 9.25. The molecule has 0 bridgehead atoms. The molecule has 0 saturated heterocycles. The van der Waals surface area contributed by atoms with Crippen LogP contribution in [0.3, 0.4) is 0 Å². The van der Waals surface area contributed by atoms with E-state index in [4.69, 9.17) is 16.6 Å². The molecule has 4 heteroatoms. The van der Waals surface area contributed by atoms with Crippen molar-refractivity contribution in [1.82, 2.24) is 0 Å². The topological polar surface area (TPSA) is 92.5 Å². The van der Waals surface area contributed by atoms with E-state index in [1.807, 2.05) is 0 Å². The minimum atomic E-state index is -0.950. The molecule has 0 aliphatic rings. The average molecular weight is 168 g/mol. The van der Waals surface area contributed by atoms with Crippen molar-refractivity contribution in [3.05, 3.63) is 23.8 Å². The third-order valence-electron chi connectivity index (χ3n) is 1.64. The Balaban J connectivity index is 3.04. The first-order valence-corrected chi connectivity index (χ1v) is 3.59. The zero-order chi connectivity index (χ0) is 9.14. The summed E-state index contributed by atoms with van der Waals surface area (Å²) in [5.41, 5.74) is 12.4. The monoisotopic (exact) mass is 168 g/mol. The predicted octanol–water partition coefficient (Wildman–Crippen LogP) is -0.123. The second-order valence-corrected chi connectivity index (χ2v) is 2.59. The van der Waals surface area contributed by atoms with Crippen molar-refractivity contribution in [1.29, 1.82) is 0 Å². The van der Waals surface area contributed by atoms with E-state index < -0.39 is 6.10 Å². The van der Waals surface area contributed by atoms with Gasteiger partial charge < -0.3 is 21.7 Å². The van der Waals surface area contributed by atoms with Gasteiger partial charge in [-0.05, 0) is 18.2 Å². The number of rotatable bonds is 2. The number of aliphatic hydroxyl groups excluding tert-OH is 2. The second-order valence-electron chi connectivity index (χ2n) is 2.59. The maximum Gasteiger partial charge on any atom is 0.104 e. The largest absolute Gasteiger partial charge is 0.399 e. The molecule has 0 aromatic heterocycles. The maximum absolute atomic E-state index is 9.25. The van der Waals surface area contributed by atoms with Gasteiger partial charge in [-0.1, -0.05) is 0 Å². The fraction of sp³-hybridized carbons (Fsp3) is 0.250. The molecule has 0 saturated carbocycles. The Morgan fingerprint density at radius 1 is 1.33 bits per heavy atom. The van der Waals surface area contributed by atoms with Crippen LogP contribution in [0.15, 0.2) is 18.2 Å². The highest BCUT2D eigenvalue weighted by atomic mass is 16.3. The van der Waals surface area contributed by atoms with E-state index in [9.17, 15) is 5.11 Å². The van der Waals surface area contributed by atoms with E-state index in [1.165, 1.54) is 0 Å². The van der Waals surface area contributed by atoms with Crippen molar-refractivity contribution in [2.24, 2.45) is 0 Å². The van der Waals surface area contributed by atoms with Crippen LogP contribution in [0.5, 0.6) is 0 Å². The lowest BCUT2D eigenvalue weighted by Gasteiger charge is -2.10. The number of benzene rings is 1. The Hall–Kier alpha value is -1.26. The van der Waals surface area contributed by atoms with Crippen molar-refractivity contribution in [3.63, 3.8) is 0 Å². The highest BCUT2D eigenvalue weighted by molar-refractivity contribution is 5.56. The highest BCUT2D eigenvalue weighted by Crippen LogP contribution is 2.22. The van der Waals surface area contributed by atoms with Gasteiger partial charge in [-0.3, -0.25) is 0 Å². The van der Waals surface area contributed by atoms with Crippen molar-refractivity contribution < 1.29 is 10.2 Å². The van der Waals surface area contributed by atoms with Gasteiger partial charge in [0.2, 0.25) is 0 Å². The Morgan fingerprint density at radius 2 is 2.00 bits per heavy atom. The number of hydrogen-bond acceptors (Lipinski definition) is 4. The van der Waals surface area contributed by atoms with Gasteiger partial charge in [-0.2, -0.15) is 0 Å². The van der Waals surface area contributed by atoms with Crippen LogP contribution >= 0.6 is 0 Å². The summed E-state index contributed by atoms with van der Waals surface area (Å²) in [7, 11) is 0. The van der Waals surface area contributed by atoms with Crippen molar-refractivity contribution in [3.8, 4) is 0 Å². The molecule has 1 aromatic carbocycles. The Kier molecular flexibility index (Phi) is 2.52. The van der Waals surface area contributed by atoms with E-state index in [0.29, 0.717) is 16.9 Å². The van der Waals surface area contributed by atoms with Crippen LogP contribution < -0.4 is 11.5 Å². The Bertz CT molecular complexity index is 276. The van der Waals surface area contributed by atoms with E-state index in [0.717, 1.165) is 0 Å². The summed E-state index contributed by atoms with van der Waals surface area (Å²) in [5, 5.41) is 17.9. The SMILES string of the molecule is Nc1ccc(N)c(C(O)CO)c1. The fourth-order valence-electron chi connectivity index (χ4n) is 0.980. The second kappa shape index (κ2) is 3.42. The summed E-state index contributed by atoms with van der Waals surface area (Å²) >= 11 is 0. The molecule has 0 aliphatic carbocycles. The van der Waals surface area contributed by atoms with Crippen LogP contribution in [0.4, 0.5) is 11.4 Å². The number of hydrogen-bond donors (Lipinski definition) is 4. The summed E-state index contributed by atoms with van der Waals surface area (Å²) in [6.07, 6.45) is -0.950. The van der Waals surface area contributed by atoms with Gasteiger partial charge in [0.25, 0.3) is 0 Å². The zero-order valence-electron chi connectivity index (χ0n) is 6.57. The first-order valence-electron chi connectivity index (χ1n) is 3.59. The van der Waals surface area contributed by atoms with E-state index in [-0.39, 0.29) is 6.61 Å². The molecule has 0 fully saturated rings. The number of nitrogens with two attached hydrogens (primary N) is 2. The summed E-state index contributed by atoms with van der Waals surface area (Å²) in [4.78, 5) is 0. The minimum Gasteiger partial charge on any atom is -0.399 e. The standard InChI is InChI=1S/C8H12N2O2/c9-5-1-2-7(10)6(3-5)8(12)4-11/h1-3,8,11-12H,4,9-10H2. The summed E-state index contributed by atoms with van der Waals surface area (Å²) in [6, 6.07) is 4.79. The molecule has 0 spiro atoms. The smallest absolute Gasteiger partial charge is 0.104 e. The lowest BCUT2D eigenvalue weighted by molar-refractivity contribution is 0.0962. The molecular formula is C8H12N2O2. The number of aliphatic hydroxyl groups is 2. The minimum absolute atomic E-state index is 0.354. The molecule has 6 N–H and O–H groups in total. The van der Waals surface area contributed by atoms with Crippen LogP contribution in [-0.4, -0.2) is 16.8 Å². The van der Waals surface area contributed by atoms with E-state index >= 15 is 0 Å². The van der Waals surface area contributed by atoms with Gasteiger partial charge in [0.05, 0.1) is 6.61 Å².